The number of pyridine rings is 1. The molecule has 1 aromatic heterocycles. The molecule has 0 aliphatic heterocycles. The van der Waals surface area contributed by atoms with Gasteiger partial charge in [-0.15, -0.1) is 0 Å². The number of nitrogens with zero attached hydrogens (tertiary/aromatic N) is 2. The van der Waals surface area contributed by atoms with Crippen LogP contribution in [0.2, 0.25) is 5.02 Å². The van der Waals surface area contributed by atoms with Crippen LogP contribution in [0.4, 0.5) is 0 Å². The van der Waals surface area contributed by atoms with E-state index in [1.807, 2.05) is 0 Å². The van der Waals surface area contributed by atoms with Crippen LogP contribution in [0.5, 0.6) is 5.75 Å². The second-order valence-corrected chi connectivity index (χ2v) is 4.69. The van der Waals surface area contributed by atoms with Crippen molar-refractivity contribution in [3.8, 4) is 5.75 Å². The molecule has 2 aromatic rings. The van der Waals surface area contributed by atoms with E-state index in [1.165, 1.54) is 24.5 Å². The largest absolute Gasteiger partial charge is 0.480 e. The molecule has 0 aliphatic rings. The third-order valence-electron chi connectivity index (χ3n) is 2.58. The lowest BCUT2D eigenvalue weighted by Gasteiger charge is -2.05. The van der Waals surface area contributed by atoms with Crippen LogP contribution in [-0.2, 0) is 4.79 Å². The van der Waals surface area contributed by atoms with Gasteiger partial charge in [0.15, 0.2) is 6.61 Å². The molecular weight excluding hydrogens is 322 g/mol. The number of aromatic nitrogens is 1. The lowest BCUT2D eigenvalue weighted by atomic mass is 10.2. The van der Waals surface area contributed by atoms with Crippen molar-refractivity contribution >= 4 is 29.7 Å². The lowest BCUT2D eigenvalue weighted by molar-refractivity contribution is -0.139. The van der Waals surface area contributed by atoms with Crippen LogP contribution in [0.1, 0.15) is 16.1 Å². The number of rotatable bonds is 6. The van der Waals surface area contributed by atoms with Crippen LogP contribution in [0.25, 0.3) is 0 Å². The number of hydrazone groups is 1. The molecule has 0 unspecified atom stereocenters. The van der Waals surface area contributed by atoms with E-state index >= 15 is 0 Å². The predicted molar refractivity (Wildman–Crippen MR) is 83.9 cm³/mol. The maximum absolute atomic E-state index is 11.7. The molecule has 0 saturated heterocycles. The van der Waals surface area contributed by atoms with E-state index in [-0.39, 0.29) is 16.5 Å². The van der Waals surface area contributed by atoms with Crippen LogP contribution < -0.4 is 10.2 Å². The molecule has 0 radical (unpaired) electrons. The van der Waals surface area contributed by atoms with Crippen LogP contribution >= 0.6 is 11.6 Å². The van der Waals surface area contributed by atoms with Gasteiger partial charge in [-0.05, 0) is 35.9 Å². The molecule has 0 fully saturated rings. The van der Waals surface area contributed by atoms with Crippen LogP contribution in [-0.4, -0.2) is 34.8 Å². The average Bonchev–Trinajstić information content (AvgIpc) is 2.54. The summed E-state index contributed by atoms with van der Waals surface area (Å²) in [5.41, 5.74) is 3.20. The van der Waals surface area contributed by atoms with Crippen LogP contribution in [0, 0.1) is 0 Å². The van der Waals surface area contributed by atoms with Gasteiger partial charge in [0.1, 0.15) is 11.4 Å². The van der Waals surface area contributed by atoms with Gasteiger partial charge in [-0.1, -0.05) is 17.7 Å². The zero-order chi connectivity index (χ0) is 16.7. The molecule has 118 valence electrons. The number of benzene rings is 1. The first-order chi connectivity index (χ1) is 11.1. The minimum atomic E-state index is -1.09. The number of aliphatic carboxylic acids is 1. The maximum Gasteiger partial charge on any atom is 0.341 e. The zero-order valence-electron chi connectivity index (χ0n) is 11.8. The van der Waals surface area contributed by atoms with Crippen molar-refractivity contribution in [2.75, 3.05) is 6.61 Å². The van der Waals surface area contributed by atoms with Gasteiger partial charge >= 0.3 is 5.97 Å². The number of hydrogen-bond acceptors (Lipinski definition) is 5. The number of hydrogen-bond donors (Lipinski definition) is 2. The molecule has 1 aromatic carbocycles. The van der Waals surface area contributed by atoms with Crippen molar-refractivity contribution in [2.24, 2.45) is 5.10 Å². The van der Waals surface area contributed by atoms with E-state index < -0.39 is 18.5 Å². The van der Waals surface area contributed by atoms with Crippen molar-refractivity contribution in [2.45, 2.75) is 0 Å². The average molecular weight is 334 g/mol. The highest BCUT2D eigenvalue weighted by Gasteiger charge is 2.06. The summed E-state index contributed by atoms with van der Waals surface area (Å²) >= 11 is 5.97. The lowest BCUT2D eigenvalue weighted by Crippen LogP contribution is -2.18. The summed E-state index contributed by atoms with van der Waals surface area (Å²) in [7, 11) is 0. The standard InChI is InChI=1S/C15H12ClN3O4/c16-11-7-10(4-5-13(11)23-9-14(20)21)8-18-19-15(22)12-3-1-2-6-17-12/h1-8H,9H2,(H,19,22)(H,20,21). The summed E-state index contributed by atoms with van der Waals surface area (Å²) in [5, 5.41) is 12.6. The summed E-state index contributed by atoms with van der Waals surface area (Å²) in [4.78, 5) is 26.0. The Labute approximate surface area is 136 Å². The van der Waals surface area contributed by atoms with Gasteiger partial charge in [-0.25, -0.2) is 10.2 Å². The number of carboxylic acids is 1. The third kappa shape index (κ3) is 5.08. The Hall–Kier alpha value is -2.93. The normalized spacial score (nSPS) is 10.5. The Morgan fingerprint density at radius 2 is 2.17 bits per heavy atom. The first-order valence-electron chi connectivity index (χ1n) is 6.45. The van der Waals surface area contributed by atoms with Gasteiger partial charge in [0, 0.05) is 6.20 Å². The molecule has 0 bridgehead atoms. The number of nitrogens with one attached hydrogen (secondary N) is 1. The highest BCUT2D eigenvalue weighted by atomic mass is 35.5. The van der Waals surface area contributed by atoms with E-state index in [1.54, 1.807) is 24.3 Å². The van der Waals surface area contributed by atoms with Gasteiger partial charge in [0.2, 0.25) is 0 Å². The van der Waals surface area contributed by atoms with Gasteiger partial charge in [-0.2, -0.15) is 5.10 Å². The quantitative estimate of drug-likeness (QED) is 0.621. The van der Waals surface area contributed by atoms with Crippen LogP contribution in [0.15, 0.2) is 47.7 Å². The number of amides is 1. The Bertz CT molecular complexity index is 735. The summed E-state index contributed by atoms with van der Waals surface area (Å²) in [5.74, 6) is -1.28. The number of carboxylic acid groups (broad SMARTS) is 1. The molecular formula is C15H12ClN3O4. The third-order valence-corrected chi connectivity index (χ3v) is 2.88. The molecule has 1 heterocycles. The minimum Gasteiger partial charge on any atom is -0.480 e. The summed E-state index contributed by atoms with van der Waals surface area (Å²) in [6.45, 7) is -0.479. The second kappa shape index (κ2) is 7.90. The molecule has 0 saturated carbocycles. The fourth-order valence-electron chi connectivity index (χ4n) is 1.57. The van der Waals surface area contributed by atoms with E-state index in [2.05, 4.69) is 15.5 Å². The molecule has 1 amide bonds. The molecule has 0 spiro atoms. The van der Waals surface area contributed by atoms with Gasteiger partial charge in [0.05, 0.1) is 11.2 Å². The second-order valence-electron chi connectivity index (χ2n) is 4.29. The molecule has 0 atom stereocenters. The molecule has 0 aliphatic carbocycles. The van der Waals surface area contributed by atoms with Gasteiger partial charge in [-0.3, -0.25) is 9.78 Å². The molecule has 2 N–H and O–H groups in total. The van der Waals surface area contributed by atoms with E-state index in [9.17, 15) is 9.59 Å². The van der Waals surface area contributed by atoms with E-state index in [4.69, 9.17) is 21.4 Å². The number of ether oxygens (including phenoxy) is 1. The smallest absolute Gasteiger partial charge is 0.341 e. The van der Waals surface area contributed by atoms with Crippen molar-refractivity contribution in [1.82, 2.24) is 10.4 Å². The Balaban J connectivity index is 1.96. The highest BCUT2D eigenvalue weighted by Crippen LogP contribution is 2.24. The minimum absolute atomic E-state index is 0.242. The summed E-state index contributed by atoms with van der Waals surface area (Å²) in [6.07, 6.45) is 2.90. The Morgan fingerprint density at radius 3 is 2.83 bits per heavy atom. The molecule has 2 rings (SSSR count). The number of halogens is 1. The van der Waals surface area contributed by atoms with Crippen molar-refractivity contribution in [3.63, 3.8) is 0 Å². The molecule has 7 nitrogen and oxygen atoms in total. The Morgan fingerprint density at radius 1 is 1.35 bits per heavy atom. The van der Waals surface area contributed by atoms with Crippen molar-refractivity contribution in [1.29, 1.82) is 0 Å². The Kier molecular flexibility index (Phi) is 5.65. The van der Waals surface area contributed by atoms with Gasteiger partial charge < -0.3 is 9.84 Å². The fourth-order valence-corrected chi connectivity index (χ4v) is 1.82. The van der Waals surface area contributed by atoms with Crippen LogP contribution in [0.3, 0.4) is 0 Å². The van der Waals surface area contributed by atoms with E-state index in [0.29, 0.717) is 5.56 Å². The fraction of sp³-hybridized carbons (Fsp3) is 0.0667. The van der Waals surface area contributed by atoms with Crippen molar-refractivity contribution in [3.05, 3.63) is 58.9 Å². The molecule has 23 heavy (non-hydrogen) atoms. The summed E-state index contributed by atoms with van der Waals surface area (Å²) in [6, 6.07) is 9.65. The number of carbonyl (C=O) groups is 2. The molecule has 8 heteroatoms. The predicted octanol–water partition coefficient (Wildman–Crippen LogP) is 1.96. The van der Waals surface area contributed by atoms with E-state index in [0.717, 1.165) is 0 Å². The SMILES string of the molecule is O=C(O)COc1ccc(C=NNC(=O)c2ccccn2)cc1Cl. The van der Waals surface area contributed by atoms with Crippen molar-refractivity contribution < 1.29 is 19.4 Å². The first kappa shape index (κ1) is 16.4. The summed E-state index contributed by atoms with van der Waals surface area (Å²) < 4.78 is 5.00. The maximum atomic E-state index is 11.7. The number of carbonyl (C=O) groups excluding carboxylic acids is 1. The monoisotopic (exact) mass is 333 g/mol. The zero-order valence-corrected chi connectivity index (χ0v) is 12.5. The topological polar surface area (TPSA) is 101 Å². The highest BCUT2D eigenvalue weighted by molar-refractivity contribution is 6.32. The van der Waals surface area contributed by atoms with Gasteiger partial charge in [0.25, 0.3) is 5.91 Å². The first-order valence-corrected chi connectivity index (χ1v) is 6.82.